The maximum Gasteiger partial charge on any atom is 0.283 e. The second kappa shape index (κ2) is 6.27. The van der Waals surface area contributed by atoms with Crippen LogP contribution in [0.1, 0.15) is 10.4 Å². The Bertz CT molecular complexity index is 572. The van der Waals surface area contributed by atoms with Crippen LogP contribution < -0.4 is 0 Å². The van der Waals surface area contributed by atoms with Gasteiger partial charge in [-0.3, -0.25) is 15.0 Å². The van der Waals surface area contributed by atoms with Crippen LogP contribution in [0.3, 0.4) is 0 Å². The van der Waals surface area contributed by atoms with Crippen LogP contribution in [0.15, 0.2) is 40.2 Å². The average molecular weight is 341 g/mol. The van der Waals surface area contributed by atoms with Crippen molar-refractivity contribution in [3.63, 3.8) is 0 Å². The standard InChI is InChI=1S/C13H13BrN2O2S/c1-15(9-11-5-3-7-19-11)8-10-4-2-6-12(13(10)14)16(17)18/h2-7H,8-9H2,1H3. The summed E-state index contributed by atoms with van der Waals surface area (Å²) in [7, 11) is 2.00. The van der Waals surface area contributed by atoms with E-state index < -0.39 is 0 Å². The fourth-order valence-corrected chi connectivity index (χ4v) is 3.16. The summed E-state index contributed by atoms with van der Waals surface area (Å²) < 4.78 is 0.568. The van der Waals surface area contributed by atoms with Crippen molar-refractivity contribution in [2.24, 2.45) is 0 Å². The van der Waals surface area contributed by atoms with Gasteiger partial charge >= 0.3 is 0 Å². The Kier molecular flexibility index (Phi) is 4.68. The predicted molar refractivity (Wildman–Crippen MR) is 80.3 cm³/mol. The number of hydrogen-bond acceptors (Lipinski definition) is 4. The number of thiophene rings is 1. The number of nitro groups is 1. The zero-order valence-corrected chi connectivity index (χ0v) is 12.8. The van der Waals surface area contributed by atoms with Gasteiger partial charge in [-0.2, -0.15) is 0 Å². The van der Waals surface area contributed by atoms with Crippen molar-refractivity contribution >= 4 is 33.0 Å². The monoisotopic (exact) mass is 340 g/mol. The molecular formula is C13H13BrN2O2S. The lowest BCUT2D eigenvalue weighted by atomic mass is 10.2. The van der Waals surface area contributed by atoms with E-state index in [0.29, 0.717) is 11.0 Å². The fourth-order valence-electron chi connectivity index (χ4n) is 1.84. The average Bonchev–Trinajstić information content (AvgIpc) is 2.84. The van der Waals surface area contributed by atoms with Crippen LogP contribution in [0.4, 0.5) is 5.69 Å². The Hall–Kier alpha value is -1.24. The molecule has 0 saturated heterocycles. The van der Waals surface area contributed by atoms with Gasteiger partial charge in [0.15, 0.2) is 0 Å². The molecule has 1 heterocycles. The van der Waals surface area contributed by atoms with Crippen LogP contribution in [-0.2, 0) is 13.1 Å². The van der Waals surface area contributed by atoms with E-state index in [1.807, 2.05) is 24.6 Å². The molecule has 1 aromatic carbocycles. The molecule has 0 aliphatic heterocycles. The van der Waals surface area contributed by atoms with Gasteiger partial charge in [-0.25, -0.2) is 0 Å². The van der Waals surface area contributed by atoms with Gasteiger partial charge < -0.3 is 0 Å². The van der Waals surface area contributed by atoms with E-state index in [-0.39, 0.29) is 10.6 Å². The van der Waals surface area contributed by atoms with Crippen LogP contribution in [-0.4, -0.2) is 16.9 Å². The Labute approximate surface area is 124 Å². The molecule has 0 bridgehead atoms. The van der Waals surface area contributed by atoms with E-state index in [0.717, 1.165) is 12.1 Å². The smallest absolute Gasteiger partial charge is 0.283 e. The number of nitro benzene ring substituents is 1. The first kappa shape index (κ1) is 14.2. The van der Waals surface area contributed by atoms with E-state index in [1.54, 1.807) is 17.4 Å². The molecule has 0 aliphatic rings. The highest BCUT2D eigenvalue weighted by Crippen LogP contribution is 2.29. The molecule has 0 saturated carbocycles. The lowest BCUT2D eigenvalue weighted by Crippen LogP contribution is -2.17. The van der Waals surface area contributed by atoms with E-state index in [4.69, 9.17) is 0 Å². The molecule has 0 unspecified atom stereocenters. The van der Waals surface area contributed by atoms with Crippen molar-refractivity contribution in [1.29, 1.82) is 0 Å². The molecule has 100 valence electrons. The van der Waals surface area contributed by atoms with E-state index in [9.17, 15) is 10.1 Å². The molecule has 0 spiro atoms. The fraction of sp³-hybridized carbons (Fsp3) is 0.231. The van der Waals surface area contributed by atoms with E-state index in [1.165, 1.54) is 10.9 Å². The molecular weight excluding hydrogens is 328 g/mol. The maximum atomic E-state index is 10.9. The van der Waals surface area contributed by atoms with Crippen LogP contribution in [0, 0.1) is 10.1 Å². The third kappa shape index (κ3) is 3.62. The van der Waals surface area contributed by atoms with Gasteiger partial charge in [0.05, 0.1) is 9.40 Å². The van der Waals surface area contributed by atoms with Crippen LogP contribution in [0.5, 0.6) is 0 Å². The van der Waals surface area contributed by atoms with Crippen molar-refractivity contribution in [1.82, 2.24) is 4.90 Å². The summed E-state index contributed by atoms with van der Waals surface area (Å²) in [6.45, 7) is 1.51. The van der Waals surface area contributed by atoms with Gasteiger partial charge in [0.1, 0.15) is 0 Å². The van der Waals surface area contributed by atoms with Crippen LogP contribution in [0.25, 0.3) is 0 Å². The van der Waals surface area contributed by atoms with Crippen molar-refractivity contribution in [2.75, 3.05) is 7.05 Å². The van der Waals surface area contributed by atoms with Gasteiger partial charge in [0.2, 0.25) is 0 Å². The maximum absolute atomic E-state index is 10.9. The Morgan fingerprint density at radius 2 is 2.11 bits per heavy atom. The van der Waals surface area contributed by atoms with E-state index >= 15 is 0 Å². The number of rotatable bonds is 5. The molecule has 2 aromatic rings. The molecule has 4 nitrogen and oxygen atoms in total. The minimum atomic E-state index is -0.368. The molecule has 0 fully saturated rings. The van der Waals surface area contributed by atoms with Crippen molar-refractivity contribution in [3.8, 4) is 0 Å². The Morgan fingerprint density at radius 3 is 2.74 bits per heavy atom. The molecule has 0 radical (unpaired) electrons. The summed E-state index contributed by atoms with van der Waals surface area (Å²) in [4.78, 5) is 13.9. The normalized spacial score (nSPS) is 10.9. The minimum absolute atomic E-state index is 0.113. The molecule has 1 aromatic heterocycles. The van der Waals surface area contributed by atoms with Gasteiger partial charge in [0.25, 0.3) is 5.69 Å². The number of halogens is 1. The summed E-state index contributed by atoms with van der Waals surface area (Å²) >= 11 is 5.03. The minimum Gasteiger partial charge on any atom is -0.297 e. The van der Waals surface area contributed by atoms with Gasteiger partial charge in [-0.15, -0.1) is 11.3 Å². The quantitative estimate of drug-likeness (QED) is 0.609. The van der Waals surface area contributed by atoms with Crippen molar-refractivity contribution in [3.05, 3.63) is 60.7 Å². The summed E-state index contributed by atoms with van der Waals surface area (Å²) in [5, 5.41) is 12.9. The first-order chi connectivity index (χ1) is 9.08. The summed E-state index contributed by atoms with van der Waals surface area (Å²) in [5.74, 6) is 0. The molecule has 19 heavy (non-hydrogen) atoms. The second-order valence-corrected chi connectivity index (χ2v) is 6.08. The van der Waals surface area contributed by atoms with E-state index in [2.05, 4.69) is 26.9 Å². The summed E-state index contributed by atoms with van der Waals surface area (Å²) in [6, 6.07) is 9.24. The molecule has 0 aliphatic carbocycles. The number of hydrogen-bond donors (Lipinski definition) is 0. The summed E-state index contributed by atoms with van der Waals surface area (Å²) in [6.07, 6.45) is 0. The van der Waals surface area contributed by atoms with Gasteiger partial charge in [-0.05, 0) is 40.0 Å². The molecule has 6 heteroatoms. The zero-order chi connectivity index (χ0) is 13.8. The largest absolute Gasteiger partial charge is 0.297 e. The topological polar surface area (TPSA) is 46.4 Å². The SMILES string of the molecule is CN(Cc1cccs1)Cc1cccc([N+](=O)[O-])c1Br. The van der Waals surface area contributed by atoms with Gasteiger partial charge in [-0.1, -0.05) is 18.2 Å². The third-order valence-corrected chi connectivity index (χ3v) is 4.48. The second-order valence-electron chi connectivity index (χ2n) is 4.26. The Balaban J connectivity index is 2.10. The highest BCUT2D eigenvalue weighted by molar-refractivity contribution is 9.10. The predicted octanol–water partition coefficient (Wildman–Crippen LogP) is 4.05. The van der Waals surface area contributed by atoms with Gasteiger partial charge in [0, 0.05) is 24.0 Å². The molecule has 0 N–H and O–H groups in total. The zero-order valence-electron chi connectivity index (χ0n) is 10.4. The third-order valence-electron chi connectivity index (χ3n) is 2.70. The molecule has 2 rings (SSSR count). The van der Waals surface area contributed by atoms with Crippen LogP contribution in [0.2, 0.25) is 0 Å². The highest BCUT2D eigenvalue weighted by Gasteiger charge is 2.15. The van der Waals surface area contributed by atoms with Crippen molar-refractivity contribution in [2.45, 2.75) is 13.1 Å². The molecule has 0 amide bonds. The first-order valence-corrected chi connectivity index (χ1v) is 7.38. The number of benzene rings is 1. The van der Waals surface area contributed by atoms with Crippen LogP contribution >= 0.6 is 27.3 Å². The lowest BCUT2D eigenvalue weighted by Gasteiger charge is -2.16. The Morgan fingerprint density at radius 1 is 1.32 bits per heavy atom. The number of nitrogens with zero attached hydrogens (tertiary/aromatic N) is 2. The lowest BCUT2D eigenvalue weighted by molar-refractivity contribution is -0.385. The summed E-state index contributed by atoms with van der Waals surface area (Å²) in [5.41, 5.74) is 1.04. The van der Waals surface area contributed by atoms with Crippen molar-refractivity contribution < 1.29 is 4.92 Å². The molecule has 0 atom stereocenters. The first-order valence-electron chi connectivity index (χ1n) is 5.70. The highest BCUT2D eigenvalue weighted by atomic mass is 79.9.